The summed E-state index contributed by atoms with van der Waals surface area (Å²) in [7, 11) is 0. The van der Waals surface area contributed by atoms with Crippen molar-refractivity contribution in [2.45, 2.75) is 64.5 Å². The van der Waals surface area contributed by atoms with Gasteiger partial charge in [-0.1, -0.05) is 12.1 Å². The molecule has 19 heavy (non-hydrogen) atoms. The first kappa shape index (κ1) is 14.4. The molecule has 2 nitrogen and oxygen atoms in total. The van der Waals surface area contributed by atoms with E-state index in [1.54, 1.807) is 0 Å². The van der Waals surface area contributed by atoms with E-state index in [9.17, 15) is 0 Å². The normalized spacial score (nSPS) is 19.6. The zero-order valence-corrected chi connectivity index (χ0v) is 12.5. The summed E-state index contributed by atoms with van der Waals surface area (Å²) in [5, 5.41) is 3.56. The quantitative estimate of drug-likeness (QED) is 0.867. The van der Waals surface area contributed by atoms with Gasteiger partial charge in [0, 0.05) is 6.04 Å². The molecule has 0 aliphatic carbocycles. The van der Waals surface area contributed by atoms with Crippen molar-refractivity contribution in [3.63, 3.8) is 0 Å². The second-order valence-electron chi connectivity index (χ2n) is 6.54. The van der Waals surface area contributed by atoms with Crippen molar-refractivity contribution in [3.8, 4) is 5.75 Å². The van der Waals surface area contributed by atoms with Gasteiger partial charge in [-0.15, -0.1) is 0 Å². The standard InChI is InChI=1S/C17H27NO/c1-17(2,3)19-16-11-9-14(10-12-16)6-4-7-15-8-5-13-18-15/h9-12,15,18H,4-8,13H2,1-3H3. The fourth-order valence-electron chi connectivity index (χ4n) is 2.63. The van der Waals surface area contributed by atoms with Crippen LogP contribution in [0.4, 0.5) is 0 Å². The van der Waals surface area contributed by atoms with Crippen LogP contribution in [0.1, 0.15) is 52.0 Å². The number of hydrogen-bond donors (Lipinski definition) is 1. The fraction of sp³-hybridized carbons (Fsp3) is 0.647. The molecule has 0 aromatic heterocycles. The highest BCUT2D eigenvalue weighted by Crippen LogP contribution is 2.20. The summed E-state index contributed by atoms with van der Waals surface area (Å²) in [6.07, 6.45) is 6.47. The van der Waals surface area contributed by atoms with Crippen LogP contribution in [0.2, 0.25) is 0 Å². The molecule has 0 amide bonds. The predicted molar refractivity (Wildman–Crippen MR) is 80.8 cm³/mol. The maximum atomic E-state index is 5.83. The van der Waals surface area contributed by atoms with E-state index in [1.807, 2.05) is 0 Å². The minimum absolute atomic E-state index is 0.115. The van der Waals surface area contributed by atoms with Crippen LogP contribution in [0, 0.1) is 0 Å². The summed E-state index contributed by atoms with van der Waals surface area (Å²) >= 11 is 0. The van der Waals surface area contributed by atoms with E-state index in [-0.39, 0.29) is 5.60 Å². The van der Waals surface area contributed by atoms with E-state index in [1.165, 1.54) is 44.2 Å². The molecule has 1 N–H and O–H groups in total. The third-order valence-electron chi connectivity index (χ3n) is 3.53. The Morgan fingerprint density at radius 2 is 1.95 bits per heavy atom. The van der Waals surface area contributed by atoms with E-state index < -0.39 is 0 Å². The van der Waals surface area contributed by atoms with Crippen molar-refractivity contribution in [3.05, 3.63) is 29.8 Å². The lowest BCUT2D eigenvalue weighted by Gasteiger charge is -2.21. The molecular formula is C17H27NO. The molecule has 1 aromatic carbocycles. The lowest BCUT2D eigenvalue weighted by molar-refractivity contribution is 0.131. The highest BCUT2D eigenvalue weighted by molar-refractivity contribution is 5.27. The maximum absolute atomic E-state index is 5.83. The van der Waals surface area contributed by atoms with E-state index in [2.05, 4.69) is 50.4 Å². The molecule has 106 valence electrons. The first-order valence-corrected chi connectivity index (χ1v) is 7.54. The van der Waals surface area contributed by atoms with Gasteiger partial charge in [-0.25, -0.2) is 0 Å². The largest absolute Gasteiger partial charge is 0.488 e. The molecule has 0 radical (unpaired) electrons. The van der Waals surface area contributed by atoms with Crippen LogP contribution in [0.25, 0.3) is 0 Å². The Kier molecular flexibility index (Phi) is 4.87. The molecule has 1 aromatic rings. The molecular weight excluding hydrogens is 234 g/mol. The highest BCUT2D eigenvalue weighted by atomic mass is 16.5. The molecule has 1 unspecified atom stereocenters. The number of hydrogen-bond acceptors (Lipinski definition) is 2. The summed E-state index contributed by atoms with van der Waals surface area (Å²) in [6, 6.07) is 9.35. The van der Waals surface area contributed by atoms with Crippen LogP contribution in [-0.2, 0) is 6.42 Å². The van der Waals surface area contributed by atoms with E-state index in [0.717, 1.165) is 11.8 Å². The lowest BCUT2D eigenvalue weighted by Crippen LogP contribution is -2.22. The van der Waals surface area contributed by atoms with Crippen molar-refractivity contribution in [1.82, 2.24) is 5.32 Å². The van der Waals surface area contributed by atoms with E-state index in [0.29, 0.717) is 0 Å². The summed E-state index contributed by atoms with van der Waals surface area (Å²) in [6.45, 7) is 7.45. The van der Waals surface area contributed by atoms with Gasteiger partial charge in [0.2, 0.25) is 0 Å². The third kappa shape index (κ3) is 5.23. The van der Waals surface area contributed by atoms with Gasteiger partial charge < -0.3 is 10.1 Å². The molecule has 1 aliphatic rings. The summed E-state index contributed by atoms with van der Waals surface area (Å²) in [4.78, 5) is 0. The molecule has 1 atom stereocenters. The van der Waals surface area contributed by atoms with Crippen molar-refractivity contribution in [2.75, 3.05) is 6.54 Å². The minimum atomic E-state index is -0.115. The first-order chi connectivity index (χ1) is 9.03. The van der Waals surface area contributed by atoms with Crippen molar-refractivity contribution < 1.29 is 4.74 Å². The van der Waals surface area contributed by atoms with Crippen LogP contribution in [0.5, 0.6) is 5.75 Å². The average molecular weight is 261 g/mol. The fourth-order valence-corrected chi connectivity index (χ4v) is 2.63. The molecule has 1 aliphatic heterocycles. The van der Waals surface area contributed by atoms with Crippen molar-refractivity contribution in [2.24, 2.45) is 0 Å². The zero-order chi connectivity index (χ0) is 13.7. The van der Waals surface area contributed by atoms with Crippen LogP contribution in [-0.4, -0.2) is 18.2 Å². The SMILES string of the molecule is CC(C)(C)Oc1ccc(CCCC2CCCN2)cc1. The topological polar surface area (TPSA) is 21.3 Å². The number of nitrogens with one attached hydrogen (secondary N) is 1. The van der Waals surface area contributed by atoms with E-state index >= 15 is 0 Å². The first-order valence-electron chi connectivity index (χ1n) is 7.54. The number of benzene rings is 1. The Balaban J connectivity index is 1.75. The van der Waals surface area contributed by atoms with Gasteiger partial charge in [-0.05, 0) is 77.1 Å². The van der Waals surface area contributed by atoms with E-state index in [4.69, 9.17) is 4.74 Å². The van der Waals surface area contributed by atoms with Crippen LogP contribution >= 0.6 is 0 Å². The molecule has 1 fully saturated rings. The Hall–Kier alpha value is -1.02. The minimum Gasteiger partial charge on any atom is -0.488 e. The number of aryl methyl sites for hydroxylation is 1. The Morgan fingerprint density at radius 3 is 2.53 bits per heavy atom. The van der Waals surface area contributed by atoms with Gasteiger partial charge >= 0.3 is 0 Å². The molecule has 0 saturated carbocycles. The van der Waals surface area contributed by atoms with Crippen LogP contribution in [0.3, 0.4) is 0 Å². The average Bonchev–Trinajstić information content (AvgIpc) is 2.82. The number of rotatable bonds is 5. The van der Waals surface area contributed by atoms with Gasteiger partial charge in [-0.2, -0.15) is 0 Å². The zero-order valence-electron chi connectivity index (χ0n) is 12.5. The smallest absolute Gasteiger partial charge is 0.120 e. The Bertz CT molecular complexity index is 371. The third-order valence-corrected chi connectivity index (χ3v) is 3.53. The second-order valence-corrected chi connectivity index (χ2v) is 6.54. The highest BCUT2D eigenvalue weighted by Gasteiger charge is 2.13. The molecule has 2 heteroatoms. The lowest BCUT2D eigenvalue weighted by atomic mass is 10.0. The van der Waals surface area contributed by atoms with Crippen LogP contribution in [0.15, 0.2) is 24.3 Å². The summed E-state index contributed by atoms with van der Waals surface area (Å²) in [5.74, 6) is 0.966. The molecule has 0 bridgehead atoms. The predicted octanol–water partition coefficient (Wildman–Crippen LogP) is 3.94. The molecule has 2 rings (SSSR count). The van der Waals surface area contributed by atoms with Gasteiger partial charge in [-0.3, -0.25) is 0 Å². The monoisotopic (exact) mass is 261 g/mol. The Morgan fingerprint density at radius 1 is 1.21 bits per heavy atom. The Labute approximate surface area is 117 Å². The van der Waals surface area contributed by atoms with Gasteiger partial charge in [0.1, 0.15) is 11.4 Å². The molecule has 1 heterocycles. The van der Waals surface area contributed by atoms with Crippen molar-refractivity contribution in [1.29, 1.82) is 0 Å². The van der Waals surface area contributed by atoms with Gasteiger partial charge in [0.25, 0.3) is 0 Å². The second kappa shape index (κ2) is 6.42. The van der Waals surface area contributed by atoms with Crippen molar-refractivity contribution >= 4 is 0 Å². The molecule has 0 spiro atoms. The van der Waals surface area contributed by atoms with Gasteiger partial charge in [0.15, 0.2) is 0 Å². The van der Waals surface area contributed by atoms with Crippen LogP contribution < -0.4 is 10.1 Å². The summed E-state index contributed by atoms with van der Waals surface area (Å²) < 4.78 is 5.83. The number of ether oxygens (including phenoxy) is 1. The summed E-state index contributed by atoms with van der Waals surface area (Å²) in [5.41, 5.74) is 1.30. The van der Waals surface area contributed by atoms with Gasteiger partial charge in [0.05, 0.1) is 0 Å². The molecule has 1 saturated heterocycles. The maximum Gasteiger partial charge on any atom is 0.120 e.